The number of Topliss-reactive ketones (excluding diaryl/α,β-unsaturated/α-hetero) is 1. The molecule has 1 atom stereocenters. The lowest BCUT2D eigenvalue weighted by atomic mass is 10.0. The topological polar surface area (TPSA) is 95.7 Å². The van der Waals surface area contributed by atoms with Gasteiger partial charge in [-0.05, 0) is 17.6 Å². The normalized spacial score (nSPS) is 22.0. The zero-order chi connectivity index (χ0) is 28.4. The molecule has 0 fully saturated rings. The SMILES string of the molecule is [2H]c1c([2H])c([2H])c(CS(=O)(=O)OC2=C(N)OC(c3c([2H])c([2H])c(C(F)(F)F)c([2H])c3[2H])C2=O)c([2H])c1[2H]. The molecule has 1 aliphatic rings. The minimum Gasteiger partial charge on any atom is -0.460 e. The Morgan fingerprint density at radius 3 is 2.29 bits per heavy atom. The number of ether oxygens (including phenoxy) is 1. The Balaban J connectivity index is 1.98. The van der Waals surface area contributed by atoms with E-state index < -0.39 is 117 Å². The Labute approximate surface area is 171 Å². The summed E-state index contributed by atoms with van der Waals surface area (Å²) in [7, 11) is -4.97. The minimum atomic E-state index is -5.26. The Morgan fingerprint density at radius 2 is 1.71 bits per heavy atom. The van der Waals surface area contributed by atoms with E-state index in [2.05, 4.69) is 4.18 Å². The van der Waals surface area contributed by atoms with Gasteiger partial charge in [0.15, 0.2) is 6.10 Å². The molecule has 2 aromatic rings. The highest BCUT2D eigenvalue weighted by Gasteiger charge is 2.40. The fourth-order valence-electron chi connectivity index (χ4n) is 2.02. The van der Waals surface area contributed by atoms with Crippen molar-refractivity contribution < 1.29 is 47.6 Å². The van der Waals surface area contributed by atoms with Gasteiger partial charge in [-0.1, -0.05) is 42.3 Å². The summed E-state index contributed by atoms with van der Waals surface area (Å²) < 4.78 is 143. The zero-order valence-corrected chi connectivity index (χ0v) is 14.3. The maximum absolute atomic E-state index is 13.2. The molecule has 10 heteroatoms. The van der Waals surface area contributed by atoms with Crippen LogP contribution in [0.2, 0.25) is 0 Å². The zero-order valence-electron chi connectivity index (χ0n) is 22.4. The lowest BCUT2D eigenvalue weighted by Gasteiger charge is -2.12. The van der Waals surface area contributed by atoms with Gasteiger partial charge >= 0.3 is 16.3 Å². The Kier molecular flexibility index (Phi) is 2.85. The summed E-state index contributed by atoms with van der Waals surface area (Å²) in [4.78, 5) is 12.8. The van der Waals surface area contributed by atoms with E-state index in [0.29, 0.717) is 0 Å². The highest BCUT2D eigenvalue weighted by Crippen LogP contribution is 2.35. The Bertz CT molecular complexity index is 1440. The average molecular weight is 422 g/mol. The van der Waals surface area contributed by atoms with Crippen LogP contribution in [0.5, 0.6) is 0 Å². The molecule has 1 heterocycles. The number of nitrogens with two attached hydrogens (primary N) is 1. The van der Waals surface area contributed by atoms with Gasteiger partial charge in [0.05, 0.1) is 17.9 Å². The van der Waals surface area contributed by atoms with Crippen LogP contribution >= 0.6 is 0 Å². The van der Waals surface area contributed by atoms with Gasteiger partial charge in [-0.2, -0.15) is 21.6 Å². The predicted octanol–water partition coefficient (Wildman–Crippen LogP) is 3.02. The van der Waals surface area contributed by atoms with E-state index in [4.69, 9.17) is 22.8 Å². The molecule has 1 unspecified atom stereocenters. The van der Waals surface area contributed by atoms with Crippen molar-refractivity contribution in [2.45, 2.75) is 18.0 Å². The number of ketones is 1. The molecule has 0 radical (unpaired) electrons. The van der Waals surface area contributed by atoms with Crippen LogP contribution in [0, 0.1) is 0 Å². The summed E-state index contributed by atoms with van der Waals surface area (Å²) in [5.41, 5.74) is 1.94. The van der Waals surface area contributed by atoms with E-state index >= 15 is 0 Å². The van der Waals surface area contributed by atoms with Crippen molar-refractivity contribution in [1.29, 1.82) is 0 Å². The lowest BCUT2D eigenvalue weighted by molar-refractivity contribution is -0.137. The van der Waals surface area contributed by atoms with Crippen molar-refractivity contribution in [2.75, 3.05) is 0 Å². The molecule has 0 amide bonds. The first-order valence-corrected chi connectivity index (χ1v) is 8.75. The quantitative estimate of drug-likeness (QED) is 0.745. The first kappa shape index (κ1) is 11.1. The molecule has 1 aliphatic heterocycles. The van der Waals surface area contributed by atoms with Crippen LogP contribution in [-0.2, 0) is 35.8 Å². The fourth-order valence-corrected chi connectivity index (χ4v) is 3.00. The summed E-state index contributed by atoms with van der Waals surface area (Å²) in [6, 6.07) is -9.82. The molecule has 148 valence electrons. The van der Waals surface area contributed by atoms with E-state index in [1.807, 2.05) is 0 Å². The van der Waals surface area contributed by atoms with Crippen LogP contribution < -0.4 is 5.73 Å². The van der Waals surface area contributed by atoms with Gasteiger partial charge < -0.3 is 14.7 Å². The number of benzene rings is 2. The first-order valence-electron chi connectivity index (χ1n) is 11.7. The highest BCUT2D eigenvalue weighted by atomic mass is 32.2. The van der Waals surface area contributed by atoms with E-state index in [0.717, 1.165) is 0 Å². The molecule has 0 saturated heterocycles. The van der Waals surface area contributed by atoms with E-state index in [1.165, 1.54) is 0 Å². The molecule has 2 aromatic carbocycles. The number of rotatable bonds is 5. The van der Waals surface area contributed by atoms with Crippen LogP contribution in [0.25, 0.3) is 0 Å². The third-order valence-electron chi connectivity index (χ3n) is 3.20. The molecule has 0 spiro atoms. The van der Waals surface area contributed by atoms with Crippen LogP contribution in [0.1, 0.15) is 35.1 Å². The standard InChI is InChI=1S/C18H14F3NO5S/c19-18(20,21)13-8-6-12(7-9-13)15-14(23)16(17(22)26-15)27-28(24,25)10-11-4-2-1-3-5-11/h1-9,15H,10,22H2/i1D,2D,3D,4D,5D,6D,7D,8D,9D. The van der Waals surface area contributed by atoms with Crippen molar-refractivity contribution in [1.82, 2.24) is 0 Å². The smallest absolute Gasteiger partial charge is 0.416 e. The molecule has 2 N–H and O–H groups in total. The van der Waals surface area contributed by atoms with E-state index in [1.54, 1.807) is 0 Å². The monoisotopic (exact) mass is 422 g/mol. The second-order valence-electron chi connectivity index (χ2n) is 5.23. The number of alkyl halides is 3. The van der Waals surface area contributed by atoms with Crippen molar-refractivity contribution in [3.63, 3.8) is 0 Å². The van der Waals surface area contributed by atoms with E-state index in [-0.39, 0.29) is 0 Å². The number of carbonyl (C=O) groups excluding carboxylic acids is 1. The maximum atomic E-state index is 13.2. The molecular weight excluding hydrogens is 399 g/mol. The molecule has 0 aromatic heterocycles. The lowest BCUT2D eigenvalue weighted by Crippen LogP contribution is -2.16. The second-order valence-corrected chi connectivity index (χ2v) is 6.80. The predicted molar refractivity (Wildman–Crippen MR) is 91.6 cm³/mol. The van der Waals surface area contributed by atoms with Crippen LogP contribution in [0.15, 0.2) is 66.0 Å². The van der Waals surface area contributed by atoms with Gasteiger partial charge in [-0.25, -0.2) is 0 Å². The number of halogens is 3. The highest BCUT2D eigenvalue weighted by molar-refractivity contribution is 7.86. The molecule has 3 rings (SSSR count). The molecule has 6 nitrogen and oxygen atoms in total. The molecule has 0 aliphatic carbocycles. The van der Waals surface area contributed by atoms with Gasteiger partial charge in [-0.3, -0.25) is 4.79 Å². The van der Waals surface area contributed by atoms with Crippen LogP contribution in [0.4, 0.5) is 13.2 Å². The third kappa shape index (κ3) is 4.28. The van der Waals surface area contributed by atoms with Crippen molar-refractivity contribution in [3.8, 4) is 0 Å². The van der Waals surface area contributed by atoms with Gasteiger partial charge in [-0.15, -0.1) is 0 Å². The van der Waals surface area contributed by atoms with Crippen molar-refractivity contribution in [3.05, 3.63) is 82.7 Å². The fraction of sp³-hybridized carbons (Fsp3) is 0.167. The molecule has 0 saturated carbocycles. The summed E-state index contributed by atoms with van der Waals surface area (Å²) in [6.45, 7) is 0. The van der Waals surface area contributed by atoms with E-state index in [9.17, 15) is 26.4 Å². The molecule has 28 heavy (non-hydrogen) atoms. The molecule has 0 bridgehead atoms. The first-order chi connectivity index (χ1) is 16.8. The second kappa shape index (κ2) is 7.19. The summed E-state index contributed by atoms with van der Waals surface area (Å²) >= 11 is 0. The average Bonchev–Trinajstić information content (AvgIpc) is 3.05. The third-order valence-corrected chi connectivity index (χ3v) is 4.27. The number of hydrogen-bond donors (Lipinski definition) is 1. The van der Waals surface area contributed by atoms with Gasteiger partial charge in [0, 0.05) is 5.56 Å². The van der Waals surface area contributed by atoms with Crippen molar-refractivity contribution >= 4 is 15.9 Å². The van der Waals surface area contributed by atoms with Gasteiger partial charge in [0.2, 0.25) is 17.4 Å². The number of carbonyl (C=O) groups is 1. The van der Waals surface area contributed by atoms with Gasteiger partial charge in [0.1, 0.15) is 5.75 Å². The minimum absolute atomic E-state index is 0.699. The summed E-state index contributed by atoms with van der Waals surface area (Å²) in [5, 5.41) is 0. The Hall–Kier alpha value is -3.01. The molecular formula is C18H14F3NO5S. The summed E-state index contributed by atoms with van der Waals surface area (Å²) in [6.07, 6.45) is -7.46. The van der Waals surface area contributed by atoms with Gasteiger partial charge in [0.25, 0.3) is 0 Å². The van der Waals surface area contributed by atoms with Crippen LogP contribution in [-0.4, -0.2) is 14.2 Å². The Morgan fingerprint density at radius 1 is 1.11 bits per heavy atom. The largest absolute Gasteiger partial charge is 0.460 e. The number of hydrogen-bond acceptors (Lipinski definition) is 6. The summed E-state index contributed by atoms with van der Waals surface area (Å²) in [5.74, 6) is -5.02. The maximum Gasteiger partial charge on any atom is 0.416 e. The van der Waals surface area contributed by atoms with Crippen molar-refractivity contribution in [2.24, 2.45) is 5.73 Å². The van der Waals surface area contributed by atoms with Crippen LogP contribution in [0.3, 0.4) is 0 Å².